The molecule has 0 N–H and O–H groups in total. The first-order valence-corrected chi connectivity index (χ1v) is 13.5. The Morgan fingerprint density at radius 1 is 1.00 bits per heavy atom. The molecular formula is C30H23N5O6. The van der Waals surface area contributed by atoms with E-state index in [2.05, 4.69) is 4.90 Å². The van der Waals surface area contributed by atoms with Gasteiger partial charge in [0.25, 0.3) is 11.2 Å². The molecule has 2 amide bonds. The zero-order valence-corrected chi connectivity index (χ0v) is 21.9. The van der Waals surface area contributed by atoms with Gasteiger partial charge in [0.05, 0.1) is 40.5 Å². The SMILES string of the molecule is COc1ccc([N+](=O)[O-])cc1N1C(=O)C2C3CCCN3C3(c4ccccc4-n4c3nc3ccccc3c4=O)C2C1=O. The summed E-state index contributed by atoms with van der Waals surface area (Å²) in [6, 6.07) is 18.2. The van der Waals surface area contributed by atoms with Gasteiger partial charge >= 0.3 is 0 Å². The van der Waals surface area contributed by atoms with Crippen LogP contribution in [0.2, 0.25) is 0 Å². The molecule has 3 saturated heterocycles. The van der Waals surface area contributed by atoms with Crippen LogP contribution in [0.4, 0.5) is 11.4 Å². The van der Waals surface area contributed by atoms with Crippen molar-refractivity contribution in [2.24, 2.45) is 11.8 Å². The van der Waals surface area contributed by atoms with E-state index in [0.717, 1.165) is 16.9 Å². The van der Waals surface area contributed by atoms with Gasteiger partial charge in [-0.05, 0) is 43.7 Å². The number of rotatable bonds is 3. The van der Waals surface area contributed by atoms with Crippen LogP contribution in [0.25, 0.3) is 16.6 Å². The number of methoxy groups -OCH3 is 1. The van der Waals surface area contributed by atoms with Gasteiger partial charge in [0.15, 0.2) is 0 Å². The van der Waals surface area contributed by atoms with Crippen LogP contribution in [0.1, 0.15) is 24.2 Å². The van der Waals surface area contributed by atoms with E-state index in [1.165, 1.54) is 25.3 Å². The number of carbonyl (C=O) groups is 2. The summed E-state index contributed by atoms with van der Waals surface area (Å²) in [4.78, 5) is 62.3. The zero-order chi connectivity index (χ0) is 28.2. The van der Waals surface area contributed by atoms with E-state index in [1.54, 1.807) is 22.8 Å². The number of imide groups is 1. The summed E-state index contributed by atoms with van der Waals surface area (Å²) in [6.45, 7) is 0.634. The predicted octanol–water partition coefficient (Wildman–Crippen LogP) is 3.14. The van der Waals surface area contributed by atoms with Crippen LogP contribution >= 0.6 is 0 Å². The Hall–Kier alpha value is -4.90. The van der Waals surface area contributed by atoms with E-state index >= 15 is 0 Å². The van der Waals surface area contributed by atoms with Gasteiger partial charge in [-0.2, -0.15) is 0 Å². The number of amides is 2. The summed E-state index contributed by atoms with van der Waals surface area (Å²) in [7, 11) is 1.39. The number of aromatic nitrogens is 2. The summed E-state index contributed by atoms with van der Waals surface area (Å²) in [5, 5.41) is 12.1. The van der Waals surface area contributed by atoms with Crippen LogP contribution in [0, 0.1) is 22.0 Å². The number of para-hydroxylation sites is 2. The Morgan fingerprint density at radius 3 is 2.59 bits per heavy atom. The van der Waals surface area contributed by atoms with Gasteiger partial charge in [-0.1, -0.05) is 30.3 Å². The lowest BCUT2D eigenvalue weighted by molar-refractivity contribution is -0.384. The highest BCUT2D eigenvalue weighted by Crippen LogP contribution is 2.62. The van der Waals surface area contributed by atoms with Gasteiger partial charge in [-0.25, -0.2) is 9.88 Å². The molecule has 5 heterocycles. The first kappa shape index (κ1) is 23.9. The molecule has 4 aromatic rings. The minimum absolute atomic E-state index is 0.0425. The summed E-state index contributed by atoms with van der Waals surface area (Å²) in [6.07, 6.45) is 1.51. The molecule has 11 heteroatoms. The third kappa shape index (κ3) is 2.76. The summed E-state index contributed by atoms with van der Waals surface area (Å²) in [5.74, 6) is -1.92. The maximum atomic E-state index is 14.6. The number of hydrogen-bond acceptors (Lipinski definition) is 8. The molecule has 4 atom stereocenters. The fourth-order valence-electron chi connectivity index (χ4n) is 7.82. The van der Waals surface area contributed by atoms with Crippen molar-refractivity contribution in [1.82, 2.24) is 14.5 Å². The Labute approximate surface area is 232 Å². The van der Waals surface area contributed by atoms with E-state index in [0.29, 0.717) is 35.4 Å². The van der Waals surface area contributed by atoms with Crippen molar-refractivity contribution < 1.29 is 19.2 Å². The van der Waals surface area contributed by atoms with Crippen molar-refractivity contribution in [1.29, 1.82) is 0 Å². The molecule has 4 aliphatic rings. The third-order valence-corrected chi connectivity index (χ3v) is 9.25. The number of hydrogen-bond donors (Lipinski definition) is 0. The summed E-state index contributed by atoms with van der Waals surface area (Å²) >= 11 is 0. The Kier molecular flexibility index (Phi) is 4.71. The van der Waals surface area contributed by atoms with Crippen LogP contribution < -0.4 is 15.2 Å². The lowest BCUT2D eigenvalue weighted by atomic mass is 9.75. The number of anilines is 1. The molecule has 1 spiro atoms. The van der Waals surface area contributed by atoms with Crippen molar-refractivity contribution in [3.05, 3.63) is 98.6 Å². The minimum Gasteiger partial charge on any atom is -0.495 e. The van der Waals surface area contributed by atoms with Gasteiger partial charge in [-0.3, -0.25) is 34.0 Å². The molecule has 0 radical (unpaired) electrons. The Morgan fingerprint density at radius 2 is 1.78 bits per heavy atom. The van der Waals surface area contributed by atoms with Gasteiger partial charge < -0.3 is 4.74 Å². The second-order valence-corrected chi connectivity index (χ2v) is 10.9. The second-order valence-electron chi connectivity index (χ2n) is 10.9. The van der Waals surface area contributed by atoms with Crippen molar-refractivity contribution in [3.63, 3.8) is 0 Å². The fourth-order valence-corrected chi connectivity index (χ4v) is 7.82. The average molecular weight is 550 g/mol. The largest absolute Gasteiger partial charge is 0.495 e. The first-order valence-electron chi connectivity index (χ1n) is 13.5. The first-order chi connectivity index (χ1) is 19.9. The topological polar surface area (TPSA) is 128 Å². The molecule has 41 heavy (non-hydrogen) atoms. The standard InChI is InChI=1S/C30H23N5O6/c1-41-23-13-12-16(35(39)40)15-22(23)33-27(37)24-21-11-6-14-32(21)30(25(24)28(33)38)18-8-3-5-10-20(18)34-26(36)17-7-2-4-9-19(17)31-29(30)34/h2-5,7-10,12-13,15,21,24-25H,6,11,14H2,1H3. The van der Waals surface area contributed by atoms with E-state index in [1.807, 2.05) is 30.3 Å². The molecular weight excluding hydrogens is 526 g/mol. The number of non-ortho nitro benzene ring substituents is 1. The fraction of sp³-hybridized carbons (Fsp3) is 0.267. The molecule has 3 fully saturated rings. The lowest BCUT2D eigenvalue weighted by Gasteiger charge is -2.38. The number of benzene rings is 3. The highest BCUT2D eigenvalue weighted by Gasteiger charge is 2.74. The van der Waals surface area contributed by atoms with Gasteiger partial charge in [0, 0.05) is 23.7 Å². The monoisotopic (exact) mass is 549 g/mol. The van der Waals surface area contributed by atoms with E-state index < -0.39 is 34.1 Å². The van der Waals surface area contributed by atoms with Crippen LogP contribution in [-0.4, -0.2) is 50.9 Å². The van der Waals surface area contributed by atoms with Crippen molar-refractivity contribution in [2.75, 3.05) is 18.6 Å². The molecule has 1 aromatic heterocycles. The quantitative estimate of drug-likeness (QED) is 0.217. The summed E-state index contributed by atoms with van der Waals surface area (Å²) in [5.41, 5.74) is 0.304. The van der Waals surface area contributed by atoms with Crippen molar-refractivity contribution in [2.45, 2.75) is 24.4 Å². The van der Waals surface area contributed by atoms with Crippen LogP contribution in [-0.2, 0) is 15.1 Å². The maximum absolute atomic E-state index is 14.6. The molecule has 0 bridgehead atoms. The van der Waals surface area contributed by atoms with E-state index in [4.69, 9.17) is 9.72 Å². The number of fused-ring (bicyclic) bond motifs is 11. The van der Waals surface area contributed by atoms with Crippen LogP contribution in [0.5, 0.6) is 5.75 Å². The second kappa shape index (κ2) is 8.07. The third-order valence-electron chi connectivity index (χ3n) is 9.25. The molecule has 204 valence electrons. The van der Waals surface area contributed by atoms with Crippen LogP contribution in [0.3, 0.4) is 0 Å². The van der Waals surface area contributed by atoms with Gasteiger partial charge in [0.2, 0.25) is 11.8 Å². The molecule has 4 aliphatic heterocycles. The molecule has 11 nitrogen and oxygen atoms in total. The van der Waals surface area contributed by atoms with E-state index in [9.17, 15) is 24.5 Å². The average Bonchev–Trinajstić information content (AvgIpc) is 3.70. The molecule has 0 aliphatic carbocycles. The Balaban J connectivity index is 1.42. The van der Waals surface area contributed by atoms with Gasteiger partial charge in [0.1, 0.15) is 22.8 Å². The zero-order valence-electron chi connectivity index (χ0n) is 21.9. The maximum Gasteiger partial charge on any atom is 0.271 e. The molecule has 8 rings (SSSR count). The lowest BCUT2D eigenvalue weighted by Crippen LogP contribution is -2.51. The number of nitrogens with zero attached hydrogens (tertiary/aromatic N) is 5. The highest BCUT2D eigenvalue weighted by atomic mass is 16.6. The normalized spacial score (nSPS) is 26.0. The number of nitro benzene ring substituents is 1. The molecule has 4 unspecified atom stereocenters. The smallest absolute Gasteiger partial charge is 0.271 e. The predicted molar refractivity (Wildman–Crippen MR) is 147 cm³/mol. The minimum atomic E-state index is -1.17. The Bertz CT molecular complexity index is 1920. The molecule has 3 aromatic carbocycles. The molecule has 0 saturated carbocycles. The summed E-state index contributed by atoms with van der Waals surface area (Å²) < 4.78 is 7.06. The van der Waals surface area contributed by atoms with Crippen molar-refractivity contribution in [3.8, 4) is 11.4 Å². The van der Waals surface area contributed by atoms with E-state index in [-0.39, 0.29) is 28.7 Å². The number of carbonyl (C=O) groups excluding carboxylic acids is 2. The highest BCUT2D eigenvalue weighted by molar-refractivity contribution is 6.24. The van der Waals surface area contributed by atoms with Crippen molar-refractivity contribution >= 4 is 34.1 Å². The number of ether oxygens (including phenoxy) is 1. The van der Waals surface area contributed by atoms with Crippen LogP contribution in [0.15, 0.2) is 71.5 Å². The van der Waals surface area contributed by atoms with Gasteiger partial charge in [-0.15, -0.1) is 0 Å². The number of nitro groups is 1.